The van der Waals surface area contributed by atoms with Gasteiger partial charge < -0.3 is 25.1 Å². The Kier molecular flexibility index (Phi) is 5.80. The molecule has 0 aromatic heterocycles. The van der Waals surface area contributed by atoms with Crippen LogP contribution < -0.4 is 19.9 Å². The standard InChI is InChI=1S/C24H18ClFN2O4/c1-30-21-9-14(8-19(25)23(21)31-12-13-3-2-4-15(26)7-13)22-17-6-5-16(29)10-20(17)32-24(28)18(22)11-27/h2-10,22,29H,12,28H2,1H3/t22-/m0/s1. The molecule has 0 amide bonds. The van der Waals surface area contributed by atoms with E-state index in [1.165, 1.54) is 31.4 Å². The molecule has 3 aromatic rings. The van der Waals surface area contributed by atoms with Crippen LogP contribution in [-0.4, -0.2) is 12.2 Å². The van der Waals surface area contributed by atoms with Crippen LogP contribution >= 0.6 is 11.6 Å². The smallest absolute Gasteiger partial charge is 0.205 e. The summed E-state index contributed by atoms with van der Waals surface area (Å²) in [6.45, 7) is 0.0862. The van der Waals surface area contributed by atoms with Gasteiger partial charge in [0.2, 0.25) is 5.88 Å². The molecule has 162 valence electrons. The molecule has 0 bridgehead atoms. The number of halogens is 2. The maximum Gasteiger partial charge on any atom is 0.205 e. The van der Waals surface area contributed by atoms with Crippen molar-refractivity contribution in [2.24, 2.45) is 5.73 Å². The molecule has 1 heterocycles. The summed E-state index contributed by atoms with van der Waals surface area (Å²) >= 11 is 6.53. The summed E-state index contributed by atoms with van der Waals surface area (Å²) in [6, 6.07) is 16.1. The molecule has 0 saturated heterocycles. The van der Waals surface area contributed by atoms with E-state index in [1.807, 2.05) is 0 Å². The zero-order chi connectivity index (χ0) is 22.8. The van der Waals surface area contributed by atoms with Crippen molar-refractivity contribution in [1.82, 2.24) is 0 Å². The van der Waals surface area contributed by atoms with E-state index in [-0.39, 0.29) is 40.4 Å². The van der Waals surface area contributed by atoms with Crippen LogP contribution in [-0.2, 0) is 6.61 Å². The number of allylic oxidation sites excluding steroid dienone is 1. The van der Waals surface area contributed by atoms with Crippen molar-refractivity contribution in [3.05, 3.63) is 93.6 Å². The van der Waals surface area contributed by atoms with E-state index in [1.54, 1.807) is 30.3 Å². The lowest BCUT2D eigenvalue weighted by Crippen LogP contribution is -2.21. The minimum Gasteiger partial charge on any atom is -0.508 e. The van der Waals surface area contributed by atoms with Gasteiger partial charge in [-0.2, -0.15) is 5.26 Å². The van der Waals surface area contributed by atoms with Gasteiger partial charge in [-0.25, -0.2) is 4.39 Å². The van der Waals surface area contributed by atoms with E-state index < -0.39 is 5.92 Å². The second kappa shape index (κ2) is 8.69. The van der Waals surface area contributed by atoms with Crippen molar-refractivity contribution < 1.29 is 23.7 Å². The molecule has 4 rings (SSSR count). The second-order valence-electron chi connectivity index (χ2n) is 7.10. The Balaban J connectivity index is 1.75. The number of methoxy groups -OCH3 is 1. The first-order chi connectivity index (χ1) is 15.4. The number of aromatic hydroxyl groups is 1. The minimum absolute atomic E-state index is 0.00687. The topological polar surface area (TPSA) is 97.7 Å². The maximum atomic E-state index is 13.5. The molecule has 1 aliphatic heterocycles. The Morgan fingerprint density at radius 3 is 2.75 bits per heavy atom. The van der Waals surface area contributed by atoms with Crippen molar-refractivity contribution in [2.75, 3.05) is 7.11 Å². The van der Waals surface area contributed by atoms with E-state index in [0.717, 1.165) is 0 Å². The number of fused-ring (bicyclic) bond motifs is 1. The molecule has 3 N–H and O–H groups in total. The third-order valence-corrected chi connectivity index (χ3v) is 5.34. The second-order valence-corrected chi connectivity index (χ2v) is 7.51. The van der Waals surface area contributed by atoms with Crippen molar-refractivity contribution in [2.45, 2.75) is 12.5 Å². The first-order valence-corrected chi connectivity index (χ1v) is 9.94. The fourth-order valence-corrected chi connectivity index (χ4v) is 3.89. The van der Waals surface area contributed by atoms with Gasteiger partial charge in [-0.15, -0.1) is 0 Å². The molecule has 0 fully saturated rings. The first-order valence-electron chi connectivity index (χ1n) is 9.56. The summed E-state index contributed by atoms with van der Waals surface area (Å²) in [7, 11) is 1.47. The maximum absolute atomic E-state index is 13.5. The number of benzene rings is 3. The molecule has 32 heavy (non-hydrogen) atoms. The number of hydrogen-bond donors (Lipinski definition) is 2. The van der Waals surface area contributed by atoms with Gasteiger partial charge >= 0.3 is 0 Å². The van der Waals surface area contributed by atoms with Crippen molar-refractivity contribution in [3.8, 4) is 29.1 Å². The molecular formula is C24H18ClFN2O4. The number of phenols is 1. The molecule has 0 spiro atoms. The van der Waals surface area contributed by atoms with Gasteiger partial charge in [0.05, 0.1) is 18.1 Å². The average molecular weight is 453 g/mol. The van der Waals surface area contributed by atoms with E-state index in [0.29, 0.717) is 28.2 Å². The van der Waals surface area contributed by atoms with Crippen LogP contribution in [0.4, 0.5) is 4.39 Å². The monoisotopic (exact) mass is 452 g/mol. The number of phenolic OH excluding ortho intramolecular Hbond substituents is 1. The summed E-state index contributed by atoms with van der Waals surface area (Å²) in [5, 5.41) is 19.8. The van der Waals surface area contributed by atoms with Crippen LogP contribution in [0.5, 0.6) is 23.0 Å². The van der Waals surface area contributed by atoms with Gasteiger partial charge in [0.1, 0.15) is 35.6 Å². The highest BCUT2D eigenvalue weighted by molar-refractivity contribution is 6.32. The van der Waals surface area contributed by atoms with Gasteiger partial charge in [-0.3, -0.25) is 0 Å². The van der Waals surface area contributed by atoms with Gasteiger partial charge in [0.15, 0.2) is 11.5 Å². The SMILES string of the molecule is COc1cc([C@@H]2C(C#N)=C(N)Oc3cc(O)ccc32)cc(Cl)c1OCc1cccc(F)c1. The first kappa shape index (κ1) is 21.3. The molecule has 6 nitrogen and oxygen atoms in total. The van der Waals surface area contributed by atoms with Gasteiger partial charge in [-0.05, 0) is 41.5 Å². The third-order valence-electron chi connectivity index (χ3n) is 5.06. The van der Waals surface area contributed by atoms with Gasteiger partial charge in [0.25, 0.3) is 0 Å². The Hall–Kier alpha value is -3.89. The largest absolute Gasteiger partial charge is 0.508 e. The number of nitrogens with two attached hydrogens (primary N) is 1. The number of rotatable bonds is 5. The summed E-state index contributed by atoms with van der Waals surface area (Å²) < 4.78 is 30.3. The van der Waals surface area contributed by atoms with Gasteiger partial charge in [0, 0.05) is 11.6 Å². The van der Waals surface area contributed by atoms with Crippen LogP contribution in [0.3, 0.4) is 0 Å². The lowest BCUT2D eigenvalue weighted by Gasteiger charge is -2.27. The van der Waals surface area contributed by atoms with E-state index in [4.69, 9.17) is 31.5 Å². The fourth-order valence-electron chi connectivity index (χ4n) is 3.62. The lowest BCUT2D eigenvalue weighted by molar-refractivity contribution is 0.284. The number of ether oxygens (including phenoxy) is 3. The highest BCUT2D eigenvalue weighted by Gasteiger charge is 2.32. The predicted octanol–water partition coefficient (Wildman–Crippen LogP) is 4.99. The zero-order valence-corrected chi connectivity index (χ0v) is 17.7. The normalized spacial score (nSPS) is 14.9. The Morgan fingerprint density at radius 1 is 1.22 bits per heavy atom. The highest BCUT2D eigenvalue weighted by atomic mass is 35.5. The Labute approximate surface area is 188 Å². The quantitative estimate of drug-likeness (QED) is 0.566. The molecule has 3 aromatic carbocycles. The number of nitriles is 1. The van der Waals surface area contributed by atoms with Crippen LogP contribution in [0.15, 0.2) is 66.1 Å². The molecule has 1 aliphatic rings. The molecule has 0 aliphatic carbocycles. The fraction of sp³-hybridized carbons (Fsp3) is 0.125. The van der Waals surface area contributed by atoms with E-state index >= 15 is 0 Å². The van der Waals surface area contributed by atoms with Crippen LogP contribution in [0.1, 0.15) is 22.6 Å². The molecule has 1 atom stereocenters. The molecular weight excluding hydrogens is 435 g/mol. The molecule has 0 unspecified atom stereocenters. The van der Waals surface area contributed by atoms with Gasteiger partial charge in [-0.1, -0.05) is 29.8 Å². The minimum atomic E-state index is -0.590. The average Bonchev–Trinajstić information content (AvgIpc) is 2.76. The highest BCUT2D eigenvalue weighted by Crippen LogP contribution is 2.47. The Bertz CT molecular complexity index is 1270. The predicted molar refractivity (Wildman–Crippen MR) is 116 cm³/mol. The number of nitrogens with zero attached hydrogens (tertiary/aromatic N) is 1. The molecule has 0 saturated carbocycles. The lowest BCUT2D eigenvalue weighted by atomic mass is 9.83. The van der Waals surface area contributed by atoms with Crippen molar-refractivity contribution in [3.63, 3.8) is 0 Å². The summed E-state index contributed by atoms with van der Waals surface area (Å²) in [5.74, 6) is -0.0371. The van der Waals surface area contributed by atoms with Crippen LogP contribution in [0, 0.1) is 17.1 Å². The zero-order valence-electron chi connectivity index (χ0n) is 16.9. The molecule has 8 heteroatoms. The summed E-state index contributed by atoms with van der Waals surface area (Å²) in [4.78, 5) is 0. The van der Waals surface area contributed by atoms with Crippen molar-refractivity contribution in [1.29, 1.82) is 5.26 Å². The molecule has 0 radical (unpaired) electrons. The van der Waals surface area contributed by atoms with E-state index in [9.17, 15) is 14.8 Å². The Morgan fingerprint density at radius 2 is 2.03 bits per heavy atom. The van der Waals surface area contributed by atoms with E-state index in [2.05, 4.69) is 6.07 Å². The number of hydrogen-bond acceptors (Lipinski definition) is 6. The summed E-state index contributed by atoms with van der Waals surface area (Å²) in [5.41, 5.74) is 8.08. The van der Waals surface area contributed by atoms with Crippen LogP contribution in [0.2, 0.25) is 5.02 Å². The van der Waals surface area contributed by atoms with Crippen molar-refractivity contribution >= 4 is 11.6 Å². The van der Waals surface area contributed by atoms with Crippen LogP contribution in [0.25, 0.3) is 0 Å². The summed E-state index contributed by atoms with van der Waals surface area (Å²) in [6.07, 6.45) is 0. The third kappa shape index (κ3) is 4.01.